The van der Waals surface area contributed by atoms with Gasteiger partial charge in [0.05, 0.1) is 41.9 Å². The molecule has 0 aliphatic rings. The van der Waals surface area contributed by atoms with Crippen LogP contribution in [0.15, 0.2) is 113 Å². The number of aldehydes is 1. The van der Waals surface area contributed by atoms with Gasteiger partial charge in [0.25, 0.3) is 0 Å². The van der Waals surface area contributed by atoms with Crippen LogP contribution in [0.5, 0.6) is 0 Å². The lowest BCUT2D eigenvalue weighted by Gasteiger charge is -2.04. The zero-order valence-electron chi connectivity index (χ0n) is 28.5. The number of anilines is 2. The maximum Gasteiger partial charge on any atom is 0.338 e. The second-order valence-electron chi connectivity index (χ2n) is 10.3. The number of benzene rings is 4. The number of hydrazine groups is 1. The molecule has 15 heteroatoms. The summed E-state index contributed by atoms with van der Waals surface area (Å²) in [5.74, 6) is 4.42. The Labute approximate surface area is 331 Å². The van der Waals surface area contributed by atoms with E-state index in [-0.39, 0.29) is 13.4 Å². The average molecular weight is 806 g/mol. The number of hydrogen-bond acceptors (Lipinski definition) is 13. The Bertz CT molecular complexity index is 2160. The number of halogens is 2. The molecule has 0 radical (unpaired) electrons. The number of hydrazone groups is 1. The van der Waals surface area contributed by atoms with Gasteiger partial charge < -0.3 is 9.47 Å². The van der Waals surface area contributed by atoms with Gasteiger partial charge in [0.2, 0.25) is 5.13 Å². The molecule has 0 aliphatic carbocycles. The minimum Gasteiger partial charge on any atom is -0.462 e. The minimum atomic E-state index is -0.454. The van der Waals surface area contributed by atoms with E-state index in [1.807, 2.05) is 65.4 Å². The highest BCUT2D eigenvalue weighted by Crippen LogP contribution is 2.31. The van der Waals surface area contributed by atoms with Crippen LogP contribution in [0.4, 0.5) is 10.3 Å². The zero-order chi connectivity index (χ0) is 38.0. The maximum absolute atomic E-state index is 12.0. The molecule has 0 aliphatic heterocycles. The molecule has 0 spiro atoms. The molecule has 0 fully saturated rings. The summed E-state index contributed by atoms with van der Waals surface area (Å²) in [5.41, 5.74) is 10.6. The Morgan fingerprint density at radius 3 is 1.65 bits per heavy atom. The van der Waals surface area contributed by atoms with Gasteiger partial charge >= 0.3 is 11.9 Å². The van der Waals surface area contributed by atoms with E-state index in [0.717, 1.165) is 22.5 Å². The van der Waals surface area contributed by atoms with E-state index >= 15 is 0 Å². The van der Waals surface area contributed by atoms with Gasteiger partial charge in [-0.05, 0) is 38.1 Å². The number of carbonyl (C=O) groups is 3. The number of esters is 2. The molecule has 0 atom stereocenters. The van der Waals surface area contributed by atoms with Gasteiger partial charge in [-0.15, -0.1) is 22.7 Å². The molecule has 0 saturated carbocycles. The highest BCUT2D eigenvalue weighted by atomic mass is 35.5. The number of hydrogen-bond donors (Lipinski definition) is 3. The summed E-state index contributed by atoms with van der Waals surface area (Å²) >= 11 is 15.1. The van der Waals surface area contributed by atoms with Gasteiger partial charge in [-0.1, -0.05) is 103 Å². The van der Waals surface area contributed by atoms with Crippen LogP contribution in [0.25, 0.3) is 22.5 Å². The molecule has 6 rings (SSSR count). The summed E-state index contributed by atoms with van der Waals surface area (Å²) in [7, 11) is 0. The third-order valence-electron chi connectivity index (χ3n) is 6.83. The van der Waals surface area contributed by atoms with Crippen LogP contribution >= 0.6 is 45.9 Å². The third kappa shape index (κ3) is 12.3. The number of nitrogens with two attached hydrogens (primary N) is 1. The fraction of sp³-hybridized carbons (Fsp3) is 0.128. The highest BCUT2D eigenvalue weighted by molar-refractivity contribution is 7.14. The Balaban J connectivity index is 0.000000237. The number of nitrogen functional groups attached to an aromatic ring is 1. The Morgan fingerprint density at radius 2 is 1.17 bits per heavy atom. The van der Waals surface area contributed by atoms with E-state index in [0.29, 0.717) is 62.1 Å². The number of nitrogens with one attached hydrogen (secondary N) is 2. The molecular weight excluding hydrogens is 768 g/mol. The molecule has 0 saturated heterocycles. The molecule has 2 aromatic heterocycles. The van der Waals surface area contributed by atoms with Crippen LogP contribution < -0.4 is 16.7 Å². The van der Waals surface area contributed by atoms with Crippen molar-refractivity contribution in [2.45, 2.75) is 21.3 Å². The van der Waals surface area contributed by atoms with Crippen LogP contribution in [-0.4, -0.2) is 47.6 Å². The van der Waals surface area contributed by atoms with Crippen molar-refractivity contribution < 1.29 is 23.9 Å². The number of rotatable bonds is 11. The standard InChI is InChI=1S/C19H16ClN3O2S.C10H10O3.C9H8ClN3S.CH4/c1-2-25-18(24)14-8-4-3-7-13(14)11-21-23-19-22-17(12-26-19)15-9-5-6-10-16(15)20;1-2-13-10(12)9-6-4-3-5-8(9)7-11;10-7-4-2-1-3-6(7)8-5-14-9(12-8)13-11;/h3-12H,2H2,1H3,(H,22,23);3-7H,2H2,1H3;1-5H,11H2,(H,12,13);1H4/b21-11+;;;. The Hall–Kier alpha value is -5.44. The Kier molecular flexibility index (Phi) is 18.0. The van der Waals surface area contributed by atoms with Gasteiger partial charge in [0, 0.05) is 43.1 Å². The molecule has 4 aromatic carbocycles. The second-order valence-corrected chi connectivity index (χ2v) is 12.8. The van der Waals surface area contributed by atoms with Crippen LogP contribution in [0.3, 0.4) is 0 Å². The van der Waals surface area contributed by atoms with Crippen molar-refractivity contribution in [3.8, 4) is 22.5 Å². The third-order valence-corrected chi connectivity index (χ3v) is 9.01. The van der Waals surface area contributed by atoms with Crippen molar-refractivity contribution in [1.82, 2.24) is 9.97 Å². The van der Waals surface area contributed by atoms with E-state index < -0.39 is 5.97 Å². The first kappa shape index (κ1) is 43.0. The number of thiazole rings is 2. The molecule has 0 bridgehead atoms. The van der Waals surface area contributed by atoms with Gasteiger partial charge in [0.15, 0.2) is 11.4 Å². The van der Waals surface area contributed by atoms with Crippen LogP contribution in [0.1, 0.15) is 57.9 Å². The first-order valence-corrected chi connectivity index (χ1v) is 18.4. The van der Waals surface area contributed by atoms with Gasteiger partial charge in [-0.2, -0.15) is 5.10 Å². The summed E-state index contributed by atoms with van der Waals surface area (Å²) < 4.78 is 9.83. The average Bonchev–Trinajstić information content (AvgIpc) is 3.86. The van der Waals surface area contributed by atoms with Gasteiger partial charge in [-0.25, -0.2) is 25.4 Å². The van der Waals surface area contributed by atoms with Crippen LogP contribution in [0, 0.1) is 0 Å². The molecule has 2 heterocycles. The lowest BCUT2D eigenvalue weighted by atomic mass is 10.1. The lowest BCUT2D eigenvalue weighted by molar-refractivity contribution is 0.0516. The molecule has 54 heavy (non-hydrogen) atoms. The number of ether oxygens (including phenoxy) is 2. The van der Waals surface area contributed by atoms with Crippen molar-refractivity contribution in [2.24, 2.45) is 10.9 Å². The number of nitrogens with zero attached hydrogens (tertiary/aromatic N) is 3. The van der Waals surface area contributed by atoms with E-state index in [4.69, 9.17) is 38.5 Å². The van der Waals surface area contributed by atoms with E-state index in [1.54, 1.807) is 62.5 Å². The normalized spacial score (nSPS) is 10.1. The van der Waals surface area contributed by atoms with Crippen LogP contribution in [0.2, 0.25) is 10.0 Å². The fourth-order valence-corrected chi connectivity index (χ4v) is 6.15. The summed E-state index contributed by atoms with van der Waals surface area (Å²) in [6, 6.07) is 28.8. The van der Waals surface area contributed by atoms with Crippen molar-refractivity contribution in [2.75, 3.05) is 24.1 Å². The van der Waals surface area contributed by atoms with E-state index in [9.17, 15) is 14.4 Å². The predicted molar refractivity (Wildman–Crippen MR) is 221 cm³/mol. The SMILES string of the molecule is C.CCOC(=O)c1ccccc1/C=N/Nc1nc(-c2ccccc2Cl)cs1.CCOC(=O)c1ccccc1C=O.NNc1nc(-c2ccccc2Cl)cs1. The molecule has 0 unspecified atom stereocenters. The first-order chi connectivity index (χ1) is 25.8. The fourth-order valence-electron chi connectivity index (χ4n) is 4.41. The quantitative estimate of drug-likeness (QED) is 0.0378. The molecular formula is C39H38Cl2N6O5S2. The van der Waals surface area contributed by atoms with E-state index in [2.05, 4.69) is 25.9 Å². The predicted octanol–water partition coefficient (Wildman–Crippen LogP) is 10.1. The monoisotopic (exact) mass is 804 g/mol. The van der Waals surface area contributed by atoms with E-state index in [1.165, 1.54) is 22.7 Å². The second kappa shape index (κ2) is 22.6. The first-order valence-electron chi connectivity index (χ1n) is 15.9. The summed E-state index contributed by atoms with van der Waals surface area (Å²) in [4.78, 5) is 42.5. The van der Waals surface area contributed by atoms with Gasteiger partial charge in [-0.3, -0.25) is 15.6 Å². The van der Waals surface area contributed by atoms with Crippen molar-refractivity contribution >= 4 is 80.6 Å². The number of aromatic nitrogens is 2. The minimum absolute atomic E-state index is 0. The summed E-state index contributed by atoms with van der Waals surface area (Å²) in [5, 5.41) is 10.7. The highest BCUT2D eigenvalue weighted by Gasteiger charge is 2.12. The smallest absolute Gasteiger partial charge is 0.338 e. The molecule has 280 valence electrons. The maximum atomic E-state index is 12.0. The Morgan fingerprint density at radius 1 is 0.722 bits per heavy atom. The molecule has 11 nitrogen and oxygen atoms in total. The molecule has 6 aromatic rings. The zero-order valence-corrected chi connectivity index (χ0v) is 31.6. The van der Waals surface area contributed by atoms with Crippen molar-refractivity contribution in [1.29, 1.82) is 0 Å². The van der Waals surface area contributed by atoms with Crippen molar-refractivity contribution in [3.05, 3.63) is 140 Å². The summed E-state index contributed by atoms with van der Waals surface area (Å²) in [6.45, 7) is 4.13. The largest absolute Gasteiger partial charge is 0.462 e. The lowest BCUT2D eigenvalue weighted by Crippen LogP contribution is -2.08. The topological polar surface area (TPSA) is 158 Å². The van der Waals surface area contributed by atoms with Crippen molar-refractivity contribution in [3.63, 3.8) is 0 Å². The summed E-state index contributed by atoms with van der Waals surface area (Å²) in [6.07, 6.45) is 2.22. The van der Waals surface area contributed by atoms with Crippen LogP contribution in [-0.2, 0) is 9.47 Å². The molecule has 4 N–H and O–H groups in total. The van der Waals surface area contributed by atoms with Gasteiger partial charge in [0.1, 0.15) is 0 Å². The molecule has 0 amide bonds. The number of carbonyl (C=O) groups excluding carboxylic acids is 3.